The second-order valence-corrected chi connectivity index (χ2v) is 5.65. The molecule has 0 saturated carbocycles. The highest BCUT2D eigenvalue weighted by atomic mass is 32.1. The van der Waals surface area contributed by atoms with Crippen LogP contribution in [0.1, 0.15) is 15.5 Å². The first-order chi connectivity index (χ1) is 10.7. The molecule has 22 heavy (non-hydrogen) atoms. The van der Waals surface area contributed by atoms with Crippen molar-refractivity contribution < 1.29 is 9.53 Å². The number of aryl methyl sites for hydroxylation is 1. The molecule has 1 amide bonds. The highest BCUT2D eigenvalue weighted by Gasteiger charge is 2.07. The van der Waals surface area contributed by atoms with Gasteiger partial charge in [-0.2, -0.15) is 0 Å². The van der Waals surface area contributed by atoms with Gasteiger partial charge in [-0.05, 0) is 35.7 Å². The summed E-state index contributed by atoms with van der Waals surface area (Å²) in [5.74, 6) is 1.49. The van der Waals surface area contributed by atoms with Crippen molar-refractivity contribution in [1.82, 2.24) is 9.55 Å². The molecule has 2 heterocycles. The van der Waals surface area contributed by atoms with Gasteiger partial charge in [0.25, 0.3) is 5.91 Å². The molecule has 3 rings (SSSR count). The van der Waals surface area contributed by atoms with Crippen LogP contribution in [0.25, 0.3) is 0 Å². The van der Waals surface area contributed by atoms with Gasteiger partial charge in [-0.25, -0.2) is 4.98 Å². The smallest absolute Gasteiger partial charge is 0.265 e. The van der Waals surface area contributed by atoms with E-state index in [0.717, 1.165) is 17.3 Å². The van der Waals surface area contributed by atoms with E-state index < -0.39 is 0 Å². The van der Waals surface area contributed by atoms with Crippen LogP contribution < -0.4 is 10.1 Å². The van der Waals surface area contributed by atoms with Crippen LogP contribution in [0, 0.1) is 0 Å². The van der Waals surface area contributed by atoms with Gasteiger partial charge in [-0.3, -0.25) is 4.79 Å². The lowest BCUT2D eigenvalue weighted by Crippen LogP contribution is -2.09. The van der Waals surface area contributed by atoms with E-state index in [2.05, 4.69) is 10.3 Å². The summed E-state index contributed by atoms with van der Waals surface area (Å²) in [5.41, 5.74) is 0.739. The molecule has 0 aliphatic rings. The molecule has 0 bridgehead atoms. The van der Waals surface area contributed by atoms with Gasteiger partial charge >= 0.3 is 0 Å². The number of ether oxygens (including phenoxy) is 1. The fourth-order valence-electron chi connectivity index (χ4n) is 1.92. The average molecular weight is 313 g/mol. The molecule has 6 heteroatoms. The molecule has 0 spiro atoms. The molecule has 5 nitrogen and oxygen atoms in total. The molecule has 0 aliphatic heterocycles. The number of imidazole rings is 1. The molecule has 2 aromatic heterocycles. The number of hydrogen-bond donors (Lipinski definition) is 1. The van der Waals surface area contributed by atoms with E-state index in [0.29, 0.717) is 11.5 Å². The van der Waals surface area contributed by atoms with Crippen molar-refractivity contribution in [3.05, 3.63) is 64.9 Å². The number of nitrogens with one attached hydrogen (secondary N) is 1. The lowest BCUT2D eigenvalue weighted by Gasteiger charge is -2.08. The maximum atomic E-state index is 11.9. The minimum absolute atomic E-state index is 0.100. The summed E-state index contributed by atoms with van der Waals surface area (Å²) in [7, 11) is 1.93. The predicted molar refractivity (Wildman–Crippen MR) is 86.3 cm³/mol. The SMILES string of the molecule is Cn1ccnc1COc1ccc(NC(=O)c2cccs2)cc1. The van der Waals surface area contributed by atoms with Crippen molar-refractivity contribution in [3.63, 3.8) is 0 Å². The Kier molecular flexibility index (Phi) is 4.20. The van der Waals surface area contributed by atoms with Crippen LogP contribution in [0.5, 0.6) is 5.75 Å². The predicted octanol–water partition coefficient (Wildman–Crippen LogP) is 3.31. The highest BCUT2D eigenvalue weighted by molar-refractivity contribution is 7.12. The van der Waals surface area contributed by atoms with Gasteiger partial charge in [0.2, 0.25) is 0 Å². The van der Waals surface area contributed by atoms with Crippen LogP contribution in [0.3, 0.4) is 0 Å². The van der Waals surface area contributed by atoms with E-state index in [1.165, 1.54) is 11.3 Å². The number of aromatic nitrogens is 2. The maximum Gasteiger partial charge on any atom is 0.265 e. The Morgan fingerprint density at radius 2 is 2.14 bits per heavy atom. The number of nitrogens with zero attached hydrogens (tertiary/aromatic N) is 2. The third-order valence-electron chi connectivity index (χ3n) is 3.15. The van der Waals surface area contributed by atoms with Gasteiger partial charge in [-0.15, -0.1) is 11.3 Å². The first kappa shape index (κ1) is 14.3. The third-order valence-corrected chi connectivity index (χ3v) is 4.01. The fraction of sp³-hybridized carbons (Fsp3) is 0.125. The molecule has 0 fully saturated rings. The number of hydrogen-bond acceptors (Lipinski definition) is 4. The molecule has 1 N–H and O–H groups in total. The summed E-state index contributed by atoms with van der Waals surface area (Å²) in [5, 5.41) is 4.73. The van der Waals surface area contributed by atoms with Crippen molar-refractivity contribution in [2.75, 3.05) is 5.32 Å². The van der Waals surface area contributed by atoms with E-state index in [9.17, 15) is 4.79 Å². The van der Waals surface area contributed by atoms with E-state index in [4.69, 9.17) is 4.74 Å². The lowest BCUT2D eigenvalue weighted by molar-refractivity contribution is 0.103. The number of amides is 1. The Morgan fingerprint density at radius 3 is 2.77 bits per heavy atom. The quantitative estimate of drug-likeness (QED) is 0.786. The topological polar surface area (TPSA) is 56.1 Å². The number of benzene rings is 1. The molecule has 0 radical (unpaired) electrons. The van der Waals surface area contributed by atoms with E-state index in [-0.39, 0.29) is 5.91 Å². The van der Waals surface area contributed by atoms with Crippen LogP contribution in [0.2, 0.25) is 0 Å². The van der Waals surface area contributed by atoms with Gasteiger partial charge in [0.05, 0.1) is 4.88 Å². The molecule has 3 aromatic rings. The Balaban J connectivity index is 1.58. The monoisotopic (exact) mass is 313 g/mol. The minimum Gasteiger partial charge on any atom is -0.486 e. The van der Waals surface area contributed by atoms with E-state index >= 15 is 0 Å². The van der Waals surface area contributed by atoms with Gasteiger partial charge in [-0.1, -0.05) is 6.07 Å². The number of carbonyl (C=O) groups is 1. The molecule has 0 saturated heterocycles. The zero-order valence-electron chi connectivity index (χ0n) is 12.0. The third kappa shape index (κ3) is 3.35. The van der Waals surface area contributed by atoms with Gasteiger partial charge in [0, 0.05) is 25.1 Å². The highest BCUT2D eigenvalue weighted by Crippen LogP contribution is 2.18. The standard InChI is InChI=1S/C16H15N3O2S/c1-19-9-8-17-15(19)11-21-13-6-4-12(5-7-13)18-16(20)14-3-2-10-22-14/h2-10H,11H2,1H3,(H,18,20). The second kappa shape index (κ2) is 6.44. The van der Waals surface area contributed by atoms with Crippen LogP contribution in [-0.2, 0) is 13.7 Å². The van der Waals surface area contributed by atoms with E-state index in [1.807, 2.05) is 53.5 Å². The van der Waals surface area contributed by atoms with E-state index in [1.54, 1.807) is 12.3 Å². The Bertz CT molecular complexity index is 748. The van der Waals surface area contributed by atoms with Crippen LogP contribution in [-0.4, -0.2) is 15.5 Å². The Morgan fingerprint density at radius 1 is 1.32 bits per heavy atom. The largest absolute Gasteiger partial charge is 0.486 e. The van der Waals surface area contributed by atoms with Gasteiger partial charge < -0.3 is 14.6 Å². The lowest BCUT2D eigenvalue weighted by atomic mass is 10.3. The number of carbonyl (C=O) groups excluding carboxylic acids is 1. The van der Waals surface area contributed by atoms with Gasteiger partial charge in [0.1, 0.15) is 18.2 Å². The molecule has 1 aromatic carbocycles. The van der Waals surface area contributed by atoms with Gasteiger partial charge in [0.15, 0.2) is 0 Å². The molecule has 0 aliphatic carbocycles. The molecular weight excluding hydrogens is 298 g/mol. The summed E-state index contributed by atoms with van der Waals surface area (Å²) >= 11 is 1.42. The molecule has 112 valence electrons. The number of thiophene rings is 1. The van der Waals surface area contributed by atoms with Crippen LogP contribution in [0.4, 0.5) is 5.69 Å². The van der Waals surface area contributed by atoms with Crippen molar-refractivity contribution >= 4 is 22.9 Å². The second-order valence-electron chi connectivity index (χ2n) is 4.70. The molecular formula is C16H15N3O2S. The Labute approximate surface area is 132 Å². The summed E-state index contributed by atoms with van der Waals surface area (Å²) in [6, 6.07) is 10.9. The zero-order chi connectivity index (χ0) is 15.4. The van der Waals surface area contributed by atoms with Crippen molar-refractivity contribution in [2.45, 2.75) is 6.61 Å². The summed E-state index contributed by atoms with van der Waals surface area (Å²) in [6.07, 6.45) is 3.61. The Hall–Kier alpha value is -2.60. The average Bonchev–Trinajstić information content (AvgIpc) is 3.18. The molecule has 0 unspecified atom stereocenters. The number of anilines is 1. The number of rotatable bonds is 5. The van der Waals surface area contributed by atoms with Crippen LogP contribution in [0.15, 0.2) is 54.2 Å². The maximum absolute atomic E-state index is 11.9. The fourth-order valence-corrected chi connectivity index (χ4v) is 2.54. The summed E-state index contributed by atoms with van der Waals surface area (Å²) < 4.78 is 7.58. The zero-order valence-corrected chi connectivity index (χ0v) is 12.8. The first-order valence-corrected chi connectivity index (χ1v) is 7.64. The molecule has 0 atom stereocenters. The van der Waals surface area contributed by atoms with Crippen LogP contribution >= 0.6 is 11.3 Å². The summed E-state index contributed by atoms with van der Waals surface area (Å²) in [6.45, 7) is 0.407. The van der Waals surface area contributed by atoms with Crippen molar-refractivity contribution in [2.24, 2.45) is 7.05 Å². The van der Waals surface area contributed by atoms with Crippen molar-refractivity contribution in [3.8, 4) is 5.75 Å². The summed E-state index contributed by atoms with van der Waals surface area (Å²) in [4.78, 5) is 16.8. The first-order valence-electron chi connectivity index (χ1n) is 6.76. The normalized spacial score (nSPS) is 10.4. The van der Waals surface area contributed by atoms with Crippen molar-refractivity contribution in [1.29, 1.82) is 0 Å². The minimum atomic E-state index is -0.100.